The molecule has 0 aliphatic carbocycles. The van der Waals surface area contributed by atoms with Crippen LogP contribution in [0.3, 0.4) is 0 Å². The standard InChI is InChI=1S/C19H21Cl2FN4O/c20-15-6-5-14(13-16(15)21)24-19(27)23-7-8-25-9-11-26(12-10-25)18-4-2-1-3-17(18)22/h1-6,13H,7-12H2,(H2,23,24,27). The first-order valence-corrected chi connectivity index (χ1v) is 9.50. The predicted octanol–water partition coefficient (Wildman–Crippen LogP) is 4.08. The Morgan fingerprint density at radius 3 is 2.48 bits per heavy atom. The van der Waals surface area contributed by atoms with Gasteiger partial charge in [-0.2, -0.15) is 0 Å². The Balaban J connectivity index is 1.38. The van der Waals surface area contributed by atoms with Gasteiger partial charge in [0.1, 0.15) is 5.82 Å². The van der Waals surface area contributed by atoms with Crippen LogP contribution in [0.1, 0.15) is 0 Å². The summed E-state index contributed by atoms with van der Waals surface area (Å²) in [5, 5.41) is 6.38. The number of benzene rings is 2. The summed E-state index contributed by atoms with van der Waals surface area (Å²) in [7, 11) is 0. The van der Waals surface area contributed by atoms with E-state index in [4.69, 9.17) is 23.2 Å². The third-order valence-electron chi connectivity index (χ3n) is 4.46. The van der Waals surface area contributed by atoms with Crippen molar-refractivity contribution in [3.63, 3.8) is 0 Å². The monoisotopic (exact) mass is 410 g/mol. The summed E-state index contributed by atoms with van der Waals surface area (Å²) in [6, 6.07) is 11.5. The lowest BCUT2D eigenvalue weighted by atomic mass is 10.2. The molecule has 2 N–H and O–H groups in total. The number of hydrogen-bond acceptors (Lipinski definition) is 3. The summed E-state index contributed by atoms with van der Waals surface area (Å²) >= 11 is 11.8. The lowest BCUT2D eigenvalue weighted by Crippen LogP contribution is -2.49. The van der Waals surface area contributed by atoms with Gasteiger partial charge < -0.3 is 15.5 Å². The van der Waals surface area contributed by atoms with Gasteiger partial charge in [-0.05, 0) is 30.3 Å². The first kappa shape index (κ1) is 19.7. The number of halogens is 3. The molecular formula is C19H21Cl2FN4O. The van der Waals surface area contributed by atoms with Gasteiger partial charge in [0.05, 0.1) is 15.7 Å². The molecule has 8 heteroatoms. The molecule has 1 saturated heterocycles. The van der Waals surface area contributed by atoms with E-state index in [0.717, 1.165) is 32.7 Å². The lowest BCUT2D eigenvalue weighted by Gasteiger charge is -2.36. The Kier molecular flexibility index (Phi) is 6.77. The van der Waals surface area contributed by atoms with Gasteiger partial charge in [0.25, 0.3) is 0 Å². The molecule has 1 heterocycles. The first-order chi connectivity index (χ1) is 13.0. The van der Waals surface area contributed by atoms with E-state index in [0.29, 0.717) is 28.0 Å². The zero-order valence-electron chi connectivity index (χ0n) is 14.7. The molecule has 0 radical (unpaired) electrons. The fourth-order valence-corrected chi connectivity index (χ4v) is 3.30. The number of rotatable bonds is 5. The topological polar surface area (TPSA) is 47.6 Å². The summed E-state index contributed by atoms with van der Waals surface area (Å²) in [4.78, 5) is 16.3. The number of hydrogen-bond donors (Lipinski definition) is 2. The third-order valence-corrected chi connectivity index (χ3v) is 5.20. The maximum Gasteiger partial charge on any atom is 0.319 e. The lowest BCUT2D eigenvalue weighted by molar-refractivity contribution is 0.240. The average molecular weight is 411 g/mol. The van der Waals surface area contributed by atoms with Crippen molar-refractivity contribution in [3.8, 4) is 0 Å². The number of nitrogens with one attached hydrogen (secondary N) is 2. The first-order valence-electron chi connectivity index (χ1n) is 8.74. The van der Waals surface area contributed by atoms with Gasteiger partial charge in [-0.1, -0.05) is 35.3 Å². The number of para-hydroxylation sites is 1. The molecule has 5 nitrogen and oxygen atoms in total. The molecule has 1 aliphatic heterocycles. The molecule has 144 valence electrons. The molecule has 0 bridgehead atoms. The number of piperazine rings is 1. The van der Waals surface area contributed by atoms with E-state index in [1.807, 2.05) is 6.07 Å². The maximum atomic E-state index is 13.9. The Labute approximate surface area is 168 Å². The second-order valence-electron chi connectivity index (χ2n) is 6.29. The average Bonchev–Trinajstić information content (AvgIpc) is 2.66. The van der Waals surface area contributed by atoms with Crippen LogP contribution < -0.4 is 15.5 Å². The molecule has 0 atom stereocenters. The molecule has 1 fully saturated rings. The minimum atomic E-state index is -0.293. The SMILES string of the molecule is O=C(NCCN1CCN(c2ccccc2F)CC1)Nc1ccc(Cl)c(Cl)c1. The second-order valence-corrected chi connectivity index (χ2v) is 7.10. The Hall–Kier alpha value is -2.02. The fraction of sp³-hybridized carbons (Fsp3) is 0.316. The van der Waals surface area contributed by atoms with Crippen molar-refractivity contribution in [3.05, 3.63) is 58.3 Å². The van der Waals surface area contributed by atoms with Gasteiger partial charge in [0.15, 0.2) is 0 Å². The van der Waals surface area contributed by atoms with Crippen LogP contribution in [0.15, 0.2) is 42.5 Å². The van der Waals surface area contributed by atoms with E-state index in [9.17, 15) is 9.18 Å². The zero-order chi connectivity index (χ0) is 19.2. The molecule has 0 unspecified atom stereocenters. The van der Waals surface area contributed by atoms with Gasteiger partial charge in [-0.25, -0.2) is 9.18 Å². The Morgan fingerprint density at radius 1 is 1.04 bits per heavy atom. The fourth-order valence-electron chi connectivity index (χ4n) is 3.00. The second kappa shape index (κ2) is 9.26. The van der Waals surface area contributed by atoms with Crippen LogP contribution >= 0.6 is 23.2 Å². The van der Waals surface area contributed by atoms with Crippen molar-refractivity contribution in [1.82, 2.24) is 10.2 Å². The number of anilines is 2. The Morgan fingerprint density at radius 2 is 1.78 bits per heavy atom. The zero-order valence-corrected chi connectivity index (χ0v) is 16.2. The van der Waals surface area contributed by atoms with Crippen molar-refractivity contribution in [2.75, 3.05) is 49.5 Å². The van der Waals surface area contributed by atoms with Crippen LogP contribution in [0, 0.1) is 5.82 Å². The van der Waals surface area contributed by atoms with Crippen molar-refractivity contribution in [2.24, 2.45) is 0 Å². The minimum absolute atomic E-state index is 0.188. The highest BCUT2D eigenvalue weighted by Gasteiger charge is 2.19. The van der Waals surface area contributed by atoms with Crippen molar-refractivity contribution >= 4 is 40.6 Å². The van der Waals surface area contributed by atoms with Crippen molar-refractivity contribution in [1.29, 1.82) is 0 Å². The molecule has 27 heavy (non-hydrogen) atoms. The molecule has 2 aromatic carbocycles. The molecule has 3 rings (SSSR count). The van der Waals surface area contributed by atoms with Crippen LogP contribution in [0.5, 0.6) is 0 Å². The van der Waals surface area contributed by atoms with Crippen LogP contribution in [-0.2, 0) is 0 Å². The summed E-state index contributed by atoms with van der Waals surface area (Å²) in [6.45, 7) is 4.43. The molecule has 0 aromatic heterocycles. The van der Waals surface area contributed by atoms with E-state index < -0.39 is 0 Å². The summed E-state index contributed by atoms with van der Waals surface area (Å²) in [6.07, 6.45) is 0. The highest BCUT2D eigenvalue weighted by atomic mass is 35.5. The van der Waals surface area contributed by atoms with Crippen LogP contribution in [-0.4, -0.2) is 50.2 Å². The largest absolute Gasteiger partial charge is 0.367 e. The number of urea groups is 1. The normalized spacial score (nSPS) is 14.9. The molecule has 1 aliphatic rings. The molecule has 0 saturated carbocycles. The number of carbonyl (C=O) groups excluding carboxylic acids is 1. The highest BCUT2D eigenvalue weighted by molar-refractivity contribution is 6.42. The summed E-state index contributed by atoms with van der Waals surface area (Å²) in [5.41, 5.74) is 1.23. The molecule has 2 aromatic rings. The highest BCUT2D eigenvalue weighted by Crippen LogP contribution is 2.25. The maximum absolute atomic E-state index is 13.9. The van der Waals surface area contributed by atoms with Crippen LogP contribution in [0.2, 0.25) is 10.0 Å². The van der Waals surface area contributed by atoms with E-state index >= 15 is 0 Å². The van der Waals surface area contributed by atoms with E-state index in [1.165, 1.54) is 6.07 Å². The van der Waals surface area contributed by atoms with Crippen LogP contribution in [0.4, 0.5) is 20.6 Å². The molecule has 0 spiro atoms. The number of nitrogens with zero attached hydrogens (tertiary/aromatic N) is 2. The van der Waals surface area contributed by atoms with E-state index in [-0.39, 0.29) is 11.8 Å². The van der Waals surface area contributed by atoms with Gasteiger partial charge in [0.2, 0.25) is 0 Å². The molecule has 2 amide bonds. The van der Waals surface area contributed by atoms with Gasteiger partial charge in [-0.3, -0.25) is 4.90 Å². The Bertz CT molecular complexity index is 797. The van der Waals surface area contributed by atoms with Gasteiger partial charge in [0, 0.05) is 45.0 Å². The predicted molar refractivity (Wildman–Crippen MR) is 109 cm³/mol. The summed E-state index contributed by atoms with van der Waals surface area (Å²) in [5.74, 6) is -0.188. The van der Waals surface area contributed by atoms with Crippen LogP contribution in [0.25, 0.3) is 0 Å². The third kappa shape index (κ3) is 5.48. The smallest absolute Gasteiger partial charge is 0.319 e. The van der Waals surface area contributed by atoms with Crippen molar-refractivity contribution in [2.45, 2.75) is 0 Å². The van der Waals surface area contributed by atoms with E-state index in [1.54, 1.807) is 30.3 Å². The summed E-state index contributed by atoms with van der Waals surface area (Å²) < 4.78 is 13.9. The number of amides is 2. The van der Waals surface area contributed by atoms with Gasteiger partial charge >= 0.3 is 6.03 Å². The van der Waals surface area contributed by atoms with Gasteiger partial charge in [-0.15, -0.1) is 0 Å². The quantitative estimate of drug-likeness (QED) is 0.780. The number of carbonyl (C=O) groups is 1. The molecular weight excluding hydrogens is 390 g/mol. The van der Waals surface area contributed by atoms with E-state index in [2.05, 4.69) is 20.4 Å². The van der Waals surface area contributed by atoms with Crippen molar-refractivity contribution < 1.29 is 9.18 Å². The minimum Gasteiger partial charge on any atom is -0.367 e.